The van der Waals surface area contributed by atoms with Crippen LogP contribution in [0.5, 0.6) is 11.5 Å². The molecular formula is C28H26F4N4O3. The number of fused-ring (bicyclic) bond motifs is 1. The highest BCUT2D eigenvalue weighted by molar-refractivity contribution is 5.81. The molecule has 5 rings (SSSR count). The lowest BCUT2D eigenvalue weighted by atomic mass is 10.2. The number of nitrogens with zero attached hydrogens (tertiary/aromatic N) is 4. The molecule has 0 bridgehead atoms. The maximum Gasteiger partial charge on any atom is 0.573 e. The van der Waals surface area contributed by atoms with E-state index in [1.807, 2.05) is 39.8 Å². The van der Waals surface area contributed by atoms with E-state index in [1.54, 1.807) is 23.1 Å². The Kier molecular flexibility index (Phi) is 7.32. The Labute approximate surface area is 222 Å². The van der Waals surface area contributed by atoms with Gasteiger partial charge in [0.05, 0.1) is 16.7 Å². The van der Waals surface area contributed by atoms with E-state index in [9.17, 15) is 18.0 Å². The highest BCUT2D eigenvalue weighted by Crippen LogP contribution is 2.30. The molecule has 0 spiro atoms. The van der Waals surface area contributed by atoms with Gasteiger partial charge in [0.15, 0.2) is 0 Å². The molecule has 1 aliphatic rings. The molecule has 0 unspecified atom stereocenters. The number of hydrogen-bond acceptors (Lipinski definition) is 5. The van der Waals surface area contributed by atoms with Crippen LogP contribution in [0, 0.1) is 5.82 Å². The third-order valence-corrected chi connectivity index (χ3v) is 6.57. The van der Waals surface area contributed by atoms with Crippen LogP contribution in [0.1, 0.15) is 18.3 Å². The number of carbonyl (C=O) groups excluding carboxylic acids is 1. The number of hydrogen-bond donors (Lipinski definition) is 0. The molecule has 204 valence electrons. The van der Waals surface area contributed by atoms with Crippen molar-refractivity contribution in [1.29, 1.82) is 0 Å². The van der Waals surface area contributed by atoms with Gasteiger partial charge in [0.1, 0.15) is 29.7 Å². The number of anilines is 1. The minimum atomic E-state index is -4.78. The zero-order chi connectivity index (χ0) is 27.6. The van der Waals surface area contributed by atoms with Crippen LogP contribution >= 0.6 is 0 Å². The Morgan fingerprint density at radius 3 is 2.28 bits per heavy atom. The van der Waals surface area contributed by atoms with Crippen LogP contribution in [0.25, 0.3) is 11.0 Å². The van der Waals surface area contributed by atoms with Crippen molar-refractivity contribution in [3.05, 3.63) is 83.9 Å². The Balaban J connectivity index is 1.47. The number of carbonyl (C=O) groups is 1. The Morgan fingerprint density at radius 2 is 1.64 bits per heavy atom. The molecule has 4 aromatic rings. The maximum absolute atomic E-state index is 15.2. The van der Waals surface area contributed by atoms with Crippen LogP contribution in [0.4, 0.5) is 23.2 Å². The van der Waals surface area contributed by atoms with Crippen molar-refractivity contribution in [2.75, 3.05) is 31.1 Å². The molecule has 2 heterocycles. The number of benzene rings is 3. The minimum Gasteiger partial charge on any atom is -0.486 e. The summed E-state index contributed by atoms with van der Waals surface area (Å²) < 4.78 is 64.8. The average molecular weight is 543 g/mol. The quantitative estimate of drug-likeness (QED) is 0.294. The molecule has 1 amide bonds. The predicted molar refractivity (Wildman–Crippen MR) is 137 cm³/mol. The number of aromatic nitrogens is 2. The summed E-state index contributed by atoms with van der Waals surface area (Å²) in [6, 6.07) is 17.9. The first-order valence-corrected chi connectivity index (χ1v) is 12.4. The van der Waals surface area contributed by atoms with Gasteiger partial charge in [0.25, 0.3) is 0 Å². The van der Waals surface area contributed by atoms with E-state index in [4.69, 9.17) is 4.74 Å². The second-order valence-electron chi connectivity index (χ2n) is 9.19. The van der Waals surface area contributed by atoms with Crippen LogP contribution in [-0.2, 0) is 17.9 Å². The molecule has 0 aliphatic carbocycles. The highest BCUT2D eigenvalue weighted by atomic mass is 19.4. The molecule has 0 atom stereocenters. The van der Waals surface area contributed by atoms with Gasteiger partial charge in [-0.05, 0) is 35.9 Å². The largest absolute Gasteiger partial charge is 0.573 e. The SMILES string of the molecule is CC(=O)N1CCN(c2cc3c(cc2F)nc(COc2ccccc2)n3Cc2ccc(OC(F)(F)F)cc2)CC1. The summed E-state index contributed by atoms with van der Waals surface area (Å²) in [6.45, 7) is 3.84. The monoisotopic (exact) mass is 542 g/mol. The zero-order valence-corrected chi connectivity index (χ0v) is 21.1. The van der Waals surface area contributed by atoms with Crippen LogP contribution < -0.4 is 14.4 Å². The molecule has 1 aliphatic heterocycles. The van der Waals surface area contributed by atoms with E-state index < -0.39 is 12.2 Å². The summed E-state index contributed by atoms with van der Waals surface area (Å²) in [7, 11) is 0. The lowest BCUT2D eigenvalue weighted by Gasteiger charge is -2.35. The average Bonchev–Trinajstić information content (AvgIpc) is 3.23. The summed E-state index contributed by atoms with van der Waals surface area (Å²) in [6.07, 6.45) is -4.78. The van der Waals surface area contributed by atoms with Gasteiger partial charge in [-0.25, -0.2) is 9.37 Å². The van der Waals surface area contributed by atoms with E-state index in [1.165, 1.54) is 25.1 Å². The third kappa shape index (κ3) is 6.24. The first-order chi connectivity index (χ1) is 18.7. The number of halogens is 4. The molecule has 7 nitrogen and oxygen atoms in total. The third-order valence-electron chi connectivity index (χ3n) is 6.57. The van der Waals surface area contributed by atoms with Crippen molar-refractivity contribution in [3.63, 3.8) is 0 Å². The molecule has 1 fully saturated rings. The fourth-order valence-corrected chi connectivity index (χ4v) is 4.62. The summed E-state index contributed by atoms with van der Waals surface area (Å²) in [5.74, 6) is 0.414. The van der Waals surface area contributed by atoms with E-state index in [0.717, 1.165) is 0 Å². The van der Waals surface area contributed by atoms with Crippen molar-refractivity contribution < 1.29 is 31.8 Å². The number of imidazole rings is 1. The van der Waals surface area contributed by atoms with Crippen molar-refractivity contribution >= 4 is 22.6 Å². The topological polar surface area (TPSA) is 59.8 Å². The molecule has 39 heavy (non-hydrogen) atoms. The summed E-state index contributed by atoms with van der Waals surface area (Å²) in [4.78, 5) is 20.0. The fraction of sp³-hybridized carbons (Fsp3) is 0.286. The van der Waals surface area contributed by atoms with E-state index in [-0.39, 0.29) is 24.8 Å². The standard InChI is InChI=1S/C28H26F4N4O3/c1-19(37)34-11-13-35(14-12-34)25-16-26-24(15-23(25)29)33-27(18-38-21-5-3-2-4-6-21)36(26)17-20-7-9-22(10-8-20)39-28(30,31)32/h2-10,15-16H,11-14,17-18H2,1H3. The van der Waals surface area contributed by atoms with Crippen molar-refractivity contribution in [1.82, 2.24) is 14.5 Å². The fourth-order valence-electron chi connectivity index (χ4n) is 4.62. The molecule has 3 aromatic carbocycles. The second kappa shape index (κ2) is 10.8. The zero-order valence-electron chi connectivity index (χ0n) is 21.1. The normalized spacial score (nSPS) is 14.1. The van der Waals surface area contributed by atoms with Gasteiger partial charge in [-0.15, -0.1) is 13.2 Å². The van der Waals surface area contributed by atoms with Crippen LogP contribution in [0.15, 0.2) is 66.7 Å². The number of piperazine rings is 1. The lowest BCUT2D eigenvalue weighted by Crippen LogP contribution is -2.48. The molecule has 0 N–H and O–H groups in total. The number of ether oxygens (including phenoxy) is 2. The van der Waals surface area contributed by atoms with Gasteiger partial charge in [0.2, 0.25) is 5.91 Å². The van der Waals surface area contributed by atoms with Crippen molar-refractivity contribution in [3.8, 4) is 11.5 Å². The molecule has 1 saturated heterocycles. The molecule has 0 saturated carbocycles. The summed E-state index contributed by atoms with van der Waals surface area (Å²) in [5, 5.41) is 0. The van der Waals surface area contributed by atoms with E-state index >= 15 is 4.39 Å². The number of para-hydroxylation sites is 1. The summed E-state index contributed by atoms with van der Waals surface area (Å²) >= 11 is 0. The highest BCUT2D eigenvalue weighted by Gasteiger charge is 2.31. The van der Waals surface area contributed by atoms with E-state index in [0.29, 0.717) is 60.0 Å². The molecule has 1 aromatic heterocycles. The molecule has 0 radical (unpaired) electrons. The molecular weight excluding hydrogens is 516 g/mol. The van der Waals surface area contributed by atoms with Crippen molar-refractivity contribution in [2.24, 2.45) is 0 Å². The Hall–Kier alpha value is -4.28. The first kappa shape index (κ1) is 26.3. The first-order valence-electron chi connectivity index (χ1n) is 12.4. The number of rotatable bonds is 7. The lowest BCUT2D eigenvalue weighted by molar-refractivity contribution is -0.274. The minimum absolute atomic E-state index is 0.0154. The van der Waals surface area contributed by atoms with Crippen LogP contribution in [0.3, 0.4) is 0 Å². The van der Waals surface area contributed by atoms with Gasteiger partial charge in [-0.1, -0.05) is 30.3 Å². The number of alkyl halides is 3. The van der Waals surface area contributed by atoms with E-state index in [2.05, 4.69) is 9.72 Å². The van der Waals surface area contributed by atoms with Crippen LogP contribution in [0.2, 0.25) is 0 Å². The Morgan fingerprint density at radius 1 is 0.949 bits per heavy atom. The van der Waals surface area contributed by atoms with Gasteiger partial charge in [-0.3, -0.25) is 4.79 Å². The molecule has 11 heteroatoms. The van der Waals surface area contributed by atoms with Crippen molar-refractivity contribution in [2.45, 2.75) is 26.4 Å². The maximum atomic E-state index is 15.2. The van der Waals surface area contributed by atoms with Gasteiger partial charge < -0.3 is 23.8 Å². The van der Waals surface area contributed by atoms with Gasteiger partial charge >= 0.3 is 6.36 Å². The van der Waals surface area contributed by atoms with Crippen LogP contribution in [-0.4, -0.2) is 52.9 Å². The number of amides is 1. The van der Waals surface area contributed by atoms with Gasteiger partial charge in [0, 0.05) is 45.7 Å². The summed E-state index contributed by atoms with van der Waals surface area (Å²) in [5.41, 5.74) is 2.19. The second-order valence-corrected chi connectivity index (χ2v) is 9.19. The Bertz CT molecular complexity index is 1450. The smallest absolute Gasteiger partial charge is 0.486 e. The predicted octanol–water partition coefficient (Wildman–Crippen LogP) is 5.37. The van der Waals surface area contributed by atoms with Gasteiger partial charge in [-0.2, -0.15) is 0 Å².